The van der Waals surface area contributed by atoms with Gasteiger partial charge in [-0.1, -0.05) is 69.2 Å². The molecule has 1 heterocycles. The first-order chi connectivity index (χ1) is 19.6. The number of nitrogens with zero attached hydrogens (tertiary/aromatic N) is 2. The van der Waals surface area contributed by atoms with Crippen LogP contribution in [0.2, 0.25) is 0 Å². The average molecular weight is 573 g/mol. The largest absolute Gasteiger partial charge is 0.458 e. The Balaban J connectivity index is 1.48. The number of aryl methyl sites for hydroxylation is 1. The van der Waals surface area contributed by atoms with Gasteiger partial charge in [0.15, 0.2) is 11.6 Å². The monoisotopic (exact) mass is 572 g/mol. The number of hydrogen-bond acceptors (Lipinski definition) is 7. The lowest BCUT2D eigenvalue weighted by Gasteiger charge is -2.36. The molecule has 0 amide bonds. The SMILES string of the molecule is Cc1ccc(S(=O)(=O)Nc2nc3ccccc3nc2Nc2ccccc2C(=O)OC2CC(C)CCC2C(C)C)cc1. The first-order valence-electron chi connectivity index (χ1n) is 14.0. The lowest BCUT2D eigenvalue weighted by Crippen LogP contribution is -2.36. The number of carbonyl (C=O) groups is 1. The van der Waals surface area contributed by atoms with Gasteiger partial charge in [0, 0.05) is 0 Å². The maximum absolute atomic E-state index is 13.5. The summed E-state index contributed by atoms with van der Waals surface area (Å²) in [5, 5.41) is 3.18. The molecular weight excluding hydrogens is 536 g/mol. The molecule has 5 rings (SSSR count). The van der Waals surface area contributed by atoms with Gasteiger partial charge in [-0.05, 0) is 73.9 Å². The van der Waals surface area contributed by atoms with Gasteiger partial charge in [0.1, 0.15) is 6.10 Å². The number of anilines is 3. The molecule has 1 aliphatic carbocycles. The number of aromatic nitrogens is 2. The van der Waals surface area contributed by atoms with Crippen LogP contribution in [0.5, 0.6) is 0 Å². The van der Waals surface area contributed by atoms with Crippen molar-refractivity contribution < 1.29 is 17.9 Å². The van der Waals surface area contributed by atoms with Crippen molar-refractivity contribution in [3.8, 4) is 0 Å². The Morgan fingerprint density at radius 3 is 2.22 bits per heavy atom. The Kier molecular flexibility index (Phi) is 8.26. The topological polar surface area (TPSA) is 110 Å². The van der Waals surface area contributed by atoms with Crippen LogP contribution in [0.25, 0.3) is 11.0 Å². The van der Waals surface area contributed by atoms with Crippen molar-refractivity contribution in [3.63, 3.8) is 0 Å². The molecule has 9 heteroatoms. The van der Waals surface area contributed by atoms with E-state index in [4.69, 9.17) is 4.74 Å². The number of sulfonamides is 1. The molecule has 0 aliphatic heterocycles. The van der Waals surface area contributed by atoms with E-state index >= 15 is 0 Å². The fraction of sp³-hybridized carbons (Fsp3) is 0.344. The summed E-state index contributed by atoms with van der Waals surface area (Å²) in [6.45, 7) is 8.44. The number of hydrogen-bond donors (Lipinski definition) is 2. The molecule has 8 nitrogen and oxygen atoms in total. The molecule has 3 atom stereocenters. The first-order valence-corrected chi connectivity index (χ1v) is 15.5. The Hall–Kier alpha value is -3.98. The fourth-order valence-electron chi connectivity index (χ4n) is 5.41. The normalized spacial score (nSPS) is 19.2. The van der Waals surface area contributed by atoms with Crippen LogP contribution >= 0.6 is 0 Å². The highest BCUT2D eigenvalue weighted by Gasteiger charge is 2.34. The van der Waals surface area contributed by atoms with Gasteiger partial charge in [0.05, 0.1) is 27.2 Å². The van der Waals surface area contributed by atoms with E-state index in [1.54, 1.807) is 60.7 Å². The van der Waals surface area contributed by atoms with Crippen molar-refractivity contribution in [1.29, 1.82) is 0 Å². The number of fused-ring (bicyclic) bond motifs is 1. The number of benzene rings is 3. The third-order valence-corrected chi connectivity index (χ3v) is 9.11. The molecule has 1 fully saturated rings. The summed E-state index contributed by atoms with van der Waals surface area (Å²) in [6.07, 6.45) is 2.85. The van der Waals surface area contributed by atoms with Crippen LogP contribution in [0.4, 0.5) is 17.3 Å². The molecule has 0 saturated heterocycles. The van der Waals surface area contributed by atoms with Crippen molar-refractivity contribution in [1.82, 2.24) is 9.97 Å². The lowest BCUT2D eigenvalue weighted by atomic mass is 9.75. The Bertz CT molecular complexity index is 1650. The van der Waals surface area contributed by atoms with Gasteiger partial charge >= 0.3 is 5.97 Å². The summed E-state index contributed by atoms with van der Waals surface area (Å²) in [7, 11) is -3.96. The molecular formula is C32H36N4O4S. The van der Waals surface area contributed by atoms with Crippen LogP contribution in [-0.2, 0) is 14.8 Å². The van der Waals surface area contributed by atoms with Crippen molar-refractivity contribution in [2.45, 2.75) is 58.0 Å². The molecule has 1 saturated carbocycles. The maximum atomic E-state index is 13.5. The van der Waals surface area contributed by atoms with Crippen molar-refractivity contribution in [2.75, 3.05) is 10.0 Å². The number of esters is 1. The highest BCUT2D eigenvalue weighted by molar-refractivity contribution is 7.92. The molecule has 1 aromatic heterocycles. The van der Waals surface area contributed by atoms with E-state index in [9.17, 15) is 13.2 Å². The Morgan fingerprint density at radius 1 is 0.902 bits per heavy atom. The average Bonchev–Trinajstić information content (AvgIpc) is 2.93. The summed E-state index contributed by atoms with van der Waals surface area (Å²) in [5.41, 5.74) is 2.84. The second kappa shape index (κ2) is 11.9. The fourth-order valence-corrected chi connectivity index (χ4v) is 6.42. The third kappa shape index (κ3) is 6.51. The van der Waals surface area contributed by atoms with Crippen LogP contribution in [0.1, 0.15) is 56.0 Å². The minimum Gasteiger partial charge on any atom is -0.458 e. The van der Waals surface area contributed by atoms with E-state index < -0.39 is 16.0 Å². The number of rotatable bonds is 8. The smallest absolute Gasteiger partial charge is 0.340 e. The summed E-state index contributed by atoms with van der Waals surface area (Å²) in [5.74, 6) is 0.982. The van der Waals surface area contributed by atoms with E-state index in [1.165, 1.54) is 0 Å². The van der Waals surface area contributed by atoms with Crippen molar-refractivity contribution in [2.24, 2.45) is 17.8 Å². The van der Waals surface area contributed by atoms with E-state index in [-0.39, 0.29) is 22.6 Å². The van der Waals surface area contributed by atoms with Crippen LogP contribution in [0.15, 0.2) is 77.7 Å². The van der Waals surface area contributed by atoms with E-state index in [0.29, 0.717) is 40.0 Å². The van der Waals surface area contributed by atoms with E-state index in [0.717, 1.165) is 24.8 Å². The number of nitrogens with one attached hydrogen (secondary N) is 2. The molecule has 0 spiro atoms. The predicted octanol–water partition coefficient (Wildman–Crippen LogP) is 7.10. The lowest BCUT2D eigenvalue weighted by molar-refractivity contribution is -0.0173. The van der Waals surface area contributed by atoms with Gasteiger partial charge in [0.2, 0.25) is 0 Å². The summed E-state index contributed by atoms with van der Waals surface area (Å²) < 4.78 is 35.3. The molecule has 41 heavy (non-hydrogen) atoms. The minimum atomic E-state index is -3.96. The summed E-state index contributed by atoms with van der Waals surface area (Å²) in [6, 6.07) is 20.8. The zero-order valence-corrected chi connectivity index (χ0v) is 24.6. The van der Waals surface area contributed by atoms with Crippen LogP contribution in [0, 0.1) is 24.7 Å². The highest BCUT2D eigenvalue weighted by Crippen LogP contribution is 2.36. The van der Waals surface area contributed by atoms with Gasteiger partial charge in [-0.2, -0.15) is 0 Å². The molecule has 2 N–H and O–H groups in total. The summed E-state index contributed by atoms with van der Waals surface area (Å²) >= 11 is 0. The third-order valence-electron chi connectivity index (χ3n) is 7.75. The number of para-hydroxylation sites is 3. The van der Waals surface area contributed by atoms with Crippen LogP contribution in [-0.4, -0.2) is 30.5 Å². The highest BCUT2D eigenvalue weighted by atomic mass is 32.2. The number of ether oxygens (including phenoxy) is 1. The van der Waals surface area contributed by atoms with Crippen molar-refractivity contribution in [3.05, 3.63) is 83.9 Å². The van der Waals surface area contributed by atoms with E-state index in [2.05, 4.69) is 40.8 Å². The molecule has 214 valence electrons. The molecule has 0 radical (unpaired) electrons. The number of carbonyl (C=O) groups excluding carboxylic acids is 1. The minimum absolute atomic E-state index is 0.0217. The first kappa shape index (κ1) is 28.5. The zero-order chi connectivity index (χ0) is 29.1. The van der Waals surface area contributed by atoms with Gasteiger partial charge < -0.3 is 10.1 Å². The van der Waals surface area contributed by atoms with Gasteiger partial charge in [-0.25, -0.2) is 23.2 Å². The quantitative estimate of drug-likeness (QED) is 0.217. The van der Waals surface area contributed by atoms with Crippen molar-refractivity contribution >= 4 is 44.3 Å². The zero-order valence-electron chi connectivity index (χ0n) is 23.8. The molecule has 1 aliphatic rings. The van der Waals surface area contributed by atoms with Gasteiger partial charge in [-0.3, -0.25) is 4.72 Å². The molecule has 3 aromatic carbocycles. The second-order valence-electron chi connectivity index (χ2n) is 11.3. The second-order valence-corrected chi connectivity index (χ2v) is 13.0. The van der Waals surface area contributed by atoms with Gasteiger partial charge in [-0.15, -0.1) is 0 Å². The Labute approximate surface area is 241 Å². The van der Waals surface area contributed by atoms with E-state index in [1.807, 2.05) is 19.1 Å². The van der Waals surface area contributed by atoms with Gasteiger partial charge in [0.25, 0.3) is 10.0 Å². The van der Waals surface area contributed by atoms with Crippen LogP contribution in [0.3, 0.4) is 0 Å². The maximum Gasteiger partial charge on any atom is 0.340 e. The molecule has 3 unspecified atom stereocenters. The predicted molar refractivity (Wildman–Crippen MR) is 162 cm³/mol. The standard InChI is InChI=1S/C32H36N4O4S/c1-20(2)24-18-15-22(4)19-29(24)40-32(37)25-9-5-6-10-26(25)33-30-31(35-28-12-8-7-11-27(28)34-30)36-41(38,39)23-16-13-21(3)14-17-23/h5-14,16-17,20,22,24,29H,15,18-19H2,1-4H3,(H,33,34)(H,35,36). The molecule has 0 bridgehead atoms. The molecule has 4 aromatic rings. The Morgan fingerprint density at radius 2 is 1.54 bits per heavy atom. The summed E-state index contributed by atoms with van der Waals surface area (Å²) in [4.78, 5) is 22.9. The van der Waals surface area contributed by atoms with Crippen LogP contribution < -0.4 is 10.0 Å².